The smallest absolute Gasteiger partial charge is 0.310 e. The van der Waals surface area contributed by atoms with E-state index in [1.807, 2.05) is 24.3 Å². The van der Waals surface area contributed by atoms with E-state index in [-0.39, 0.29) is 17.8 Å². The van der Waals surface area contributed by atoms with Crippen molar-refractivity contribution >= 4 is 29.3 Å². The number of ether oxygens (including phenoxy) is 1. The quantitative estimate of drug-likeness (QED) is 0.648. The standard InChI is InChI=1S/C20H15ClN4O3/c21-17-9-5-4-6-14(17)10-19(27)28-13-18(26)24-20-15(11-22)12-23-25(20)16-7-2-1-3-8-16/h1-9,12H,10,13H2,(H,24,26). The SMILES string of the molecule is N#Cc1cnn(-c2ccccc2)c1NC(=O)COC(=O)Cc1ccccc1Cl. The second-order valence-corrected chi connectivity index (χ2v) is 6.15. The fourth-order valence-corrected chi connectivity index (χ4v) is 2.68. The maximum Gasteiger partial charge on any atom is 0.310 e. The lowest BCUT2D eigenvalue weighted by atomic mass is 10.1. The van der Waals surface area contributed by atoms with Gasteiger partial charge in [-0.25, -0.2) is 4.68 Å². The van der Waals surface area contributed by atoms with E-state index in [0.29, 0.717) is 16.3 Å². The number of esters is 1. The van der Waals surface area contributed by atoms with Crippen molar-refractivity contribution in [2.24, 2.45) is 0 Å². The first-order valence-corrected chi connectivity index (χ1v) is 8.68. The van der Waals surface area contributed by atoms with Crippen molar-refractivity contribution in [3.05, 3.63) is 76.9 Å². The van der Waals surface area contributed by atoms with Crippen molar-refractivity contribution < 1.29 is 14.3 Å². The summed E-state index contributed by atoms with van der Waals surface area (Å²) in [7, 11) is 0. The average molecular weight is 395 g/mol. The summed E-state index contributed by atoms with van der Waals surface area (Å²) in [5.41, 5.74) is 1.48. The second kappa shape index (κ2) is 8.84. The summed E-state index contributed by atoms with van der Waals surface area (Å²) in [5, 5.41) is 16.4. The Labute approximate surface area is 166 Å². The van der Waals surface area contributed by atoms with E-state index >= 15 is 0 Å². The van der Waals surface area contributed by atoms with Crippen LogP contribution in [-0.4, -0.2) is 28.3 Å². The zero-order valence-corrected chi connectivity index (χ0v) is 15.4. The topological polar surface area (TPSA) is 97.0 Å². The van der Waals surface area contributed by atoms with Crippen molar-refractivity contribution in [1.82, 2.24) is 9.78 Å². The molecule has 0 aliphatic carbocycles. The van der Waals surface area contributed by atoms with Gasteiger partial charge in [0.1, 0.15) is 11.6 Å². The molecule has 0 aliphatic rings. The van der Waals surface area contributed by atoms with Crippen LogP contribution in [0.3, 0.4) is 0 Å². The zero-order valence-electron chi connectivity index (χ0n) is 14.6. The minimum atomic E-state index is -0.583. The Morgan fingerprint density at radius 2 is 1.86 bits per heavy atom. The molecule has 0 saturated carbocycles. The highest BCUT2D eigenvalue weighted by Crippen LogP contribution is 2.19. The predicted molar refractivity (Wildman–Crippen MR) is 103 cm³/mol. The molecular formula is C20H15ClN4O3. The molecule has 0 spiro atoms. The molecule has 0 radical (unpaired) electrons. The van der Waals surface area contributed by atoms with Crippen LogP contribution in [0, 0.1) is 11.3 Å². The Morgan fingerprint density at radius 1 is 1.14 bits per heavy atom. The molecule has 2 aromatic carbocycles. The van der Waals surface area contributed by atoms with Gasteiger partial charge in [0.05, 0.1) is 18.3 Å². The van der Waals surface area contributed by atoms with Crippen LogP contribution in [0.15, 0.2) is 60.8 Å². The number of benzene rings is 2. The number of carbonyl (C=O) groups excluding carboxylic acids is 2. The Morgan fingerprint density at radius 3 is 2.57 bits per heavy atom. The van der Waals surface area contributed by atoms with Crippen molar-refractivity contribution in [2.75, 3.05) is 11.9 Å². The van der Waals surface area contributed by atoms with Gasteiger partial charge in [0, 0.05) is 5.02 Å². The van der Waals surface area contributed by atoms with Gasteiger partial charge in [0.2, 0.25) is 0 Å². The number of nitrogens with one attached hydrogen (secondary N) is 1. The number of hydrogen-bond donors (Lipinski definition) is 1. The number of anilines is 1. The van der Waals surface area contributed by atoms with Crippen LogP contribution in [0.4, 0.5) is 5.82 Å². The summed E-state index contributed by atoms with van der Waals surface area (Å²) in [5.74, 6) is -0.956. The van der Waals surface area contributed by atoms with E-state index < -0.39 is 18.5 Å². The number of nitrogens with zero attached hydrogens (tertiary/aromatic N) is 3. The first-order chi connectivity index (χ1) is 13.6. The minimum absolute atomic E-state index is 0.0433. The minimum Gasteiger partial charge on any atom is -0.455 e. The molecule has 0 aliphatic heterocycles. The summed E-state index contributed by atoms with van der Waals surface area (Å²) in [6.45, 7) is -0.492. The third kappa shape index (κ3) is 4.55. The van der Waals surface area contributed by atoms with E-state index in [2.05, 4.69) is 10.4 Å². The lowest BCUT2D eigenvalue weighted by Crippen LogP contribution is -2.23. The van der Waals surface area contributed by atoms with E-state index in [0.717, 1.165) is 0 Å². The Bertz CT molecular complexity index is 1040. The number of nitriles is 1. The van der Waals surface area contributed by atoms with Crippen molar-refractivity contribution in [1.29, 1.82) is 5.26 Å². The van der Waals surface area contributed by atoms with Crippen LogP contribution in [-0.2, 0) is 20.7 Å². The van der Waals surface area contributed by atoms with Crippen LogP contribution in [0.25, 0.3) is 5.69 Å². The van der Waals surface area contributed by atoms with Gasteiger partial charge in [-0.1, -0.05) is 48.0 Å². The molecule has 0 fully saturated rings. The molecule has 0 bridgehead atoms. The summed E-state index contributed by atoms with van der Waals surface area (Å²) in [6.07, 6.45) is 1.31. The van der Waals surface area contributed by atoms with Crippen LogP contribution in [0.2, 0.25) is 5.02 Å². The predicted octanol–water partition coefficient (Wildman–Crippen LogP) is 3.12. The third-order valence-electron chi connectivity index (χ3n) is 3.81. The van der Waals surface area contributed by atoms with E-state index in [1.165, 1.54) is 10.9 Å². The summed E-state index contributed by atoms with van der Waals surface area (Å²) in [4.78, 5) is 24.2. The Balaban J connectivity index is 1.64. The fraction of sp³-hybridized carbons (Fsp3) is 0.100. The average Bonchev–Trinajstić information content (AvgIpc) is 3.11. The molecule has 0 atom stereocenters. The van der Waals surface area contributed by atoms with Crippen LogP contribution >= 0.6 is 11.6 Å². The fourth-order valence-electron chi connectivity index (χ4n) is 2.48. The molecule has 3 rings (SSSR count). The summed E-state index contributed by atoms with van der Waals surface area (Å²) in [6, 6.07) is 17.9. The maximum absolute atomic E-state index is 12.2. The number of aromatic nitrogens is 2. The second-order valence-electron chi connectivity index (χ2n) is 5.74. The van der Waals surface area contributed by atoms with Gasteiger partial charge in [0.15, 0.2) is 12.4 Å². The van der Waals surface area contributed by atoms with Gasteiger partial charge in [0.25, 0.3) is 5.91 Å². The maximum atomic E-state index is 12.2. The molecule has 140 valence electrons. The van der Waals surface area contributed by atoms with Crippen LogP contribution < -0.4 is 5.32 Å². The first-order valence-electron chi connectivity index (χ1n) is 8.31. The number of amides is 1. The number of para-hydroxylation sites is 1. The van der Waals surface area contributed by atoms with Gasteiger partial charge in [-0.3, -0.25) is 9.59 Å². The van der Waals surface area contributed by atoms with E-state index in [9.17, 15) is 14.9 Å². The largest absolute Gasteiger partial charge is 0.455 e. The third-order valence-corrected chi connectivity index (χ3v) is 4.17. The molecular weight excluding hydrogens is 380 g/mol. The number of halogens is 1. The number of carbonyl (C=O) groups is 2. The highest BCUT2D eigenvalue weighted by atomic mass is 35.5. The lowest BCUT2D eigenvalue weighted by Gasteiger charge is -2.10. The van der Waals surface area contributed by atoms with Crippen molar-refractivity contribution in [3.8, 4) is 11.8 Å². The van der Waals surface area contributed by atoms with Crippen LogP contribution in [0.1, 0.15) is 11.1 Å². The zero-order chi connectivity index (χ0) is 19.9. The number of rotatable bonds is 6. The molecule has 8 heteroatoms. The Hall–Kier alpha value is -3.63. The van der Waals surface area contributed by atoms with Crippen LogP contribution in [0.5, 0.6) is 0 Å². The van der Waals surface area contributed by atoms with Gasteiger partial charge < -0.3 is 10.1 Å². The lowest BCUT2D eigenvalue weighted by molar-refractivity contribution is -0.146. The van der Waals surface area contributed by atoms with Gasteiger partial charge >= 0.3 is 5.97 Å². The molecule has 28 heavy (non-hydrogen) atoms. The summed E-state index contributed by atoms with van der Waals surface area (Å²) >= 11 is 6.01. The van der Waals surface area contributed by atoms with Gasteiger partial charge in [-0.05, 0) is 23.8 Å². The van der Waals surface area contributed by atoms with E-state index in [4.69, 9.17) is 16.3 Å². The Kier molecular flexibility index (Phi) is 6.04. The van der Waals surface area contributed by atoms with E-state index in [1.54, 1.807) is 36.4 Å². The molecule has 1 amide bonds. The molecule has 1 N–H and O–H groups in total. The highest BCUT2D eigenvalue weighted by Gasteiger charge is 2.16. The highest BCUT2D eigenvalue weighted by molar-refractivity contribution is 6.31. The van der Waals surface area contributed by atoms with Crippen molar-refractivity contribution in [2.45, 2.75) is 6.42 Å². The normalized spacial score (nSPS) is 10.1. The molecule has 3 aromatic rings. The molecule has 0 saturated heterocycles. The molecule has 1 aromatic heterocycles. The van der Waals surface area contributed by atoms with Gasteiger partial charge in [-0.2, -0.15) is 10.4 Å². The number of hydrogen-bond acceptors (Lipinski definition) is 5. The molecule has 0 unspecified atom stereocenters. The molecule has 7 nitrogen and oxygen atoms in total. The summed E-state index contributed by atoms with van der Waals surface area (Å²) < 4.78 is 6.44. The van der Waals surface area contributed by atoms with Gasteiger partial charge in [-0.15, -0.1) is 0 Å². The van der Waals surface area contributed by atoms with Crippen molar-refractivity contribution in [3.63, 3.8) is 0 Å². The first kappa shape index (κ1) is 19.1. The monoisotopic (exact) mass is 394 g/mol. The molecule has 1 heterocycles.